The molecule has 0 amide bonds. The molecular formula is C14H24N2. The summed E-state index contributed by atoms with van der Waals surface area (Å²) in [6.45, 7) is 11.3. The Hall–Kier alpha value is -0.860. The number of nitrogens with two attached hydrogens (primary N) is 1. The molecule has 1 aromatic carbocycles. The second-order valence-corrected chi connectivity index (χ2v) is 5.40. The summed E-state index contributed by atoms with van der Waals surface area (Å²) in [5, 5.41) is 3.47. The van der Waals surface area contributed by atoms with Crippen LogP contribution in [0.25, 0.3) is 0 Å². The molecule has 1 rings (SSSR count). The number of aryl methyl sites for hydroxylation is 2. The largest absolute Gasteiger partial charge is 0.330 e. The van der Waals surface area contributed by atoms with Gasteiger partial charge in [0.2, 0.25) is 0 Å². The minimum atomic E-state index is 0.179. The normalized spacial score (nSPS) is 11.8. The van der Waals surface area contributed by atoms with Crippen molar-refractivity contribution in [3.8, 4) is 0 Å². The van der Waals surface area contributed by atoms with Gasteiger partial charge in [0.05, 0.1) is 0 Å². The van der Waals surface area contributed by atoms with Crippen molar-refractivity contribution in [3.63, 3.8) is 0 Å². The predicted octanol–water partition coefficient (Wildman–Crippen LogP) is 2.38. The number of rotatable bonds is 5. The number of benzene rings is 1. The molecule has 0 radical (unpaired) electrons. The molecular weight excluding hydrogens is 196 g/mol. The molecule has 0 bridgehead atoms. The first-order valence-corrected chi connectivity index (χ1v) is 5.91. The van der Waals surface area contributed by atoms with Crippen molar-refractivity contribution in [2.24, 2.45) is 11.1 Å². The molecule has 90 valence electrons. The smallest absolute Gasteiger partial charge is 0.0208 e. The Morgan fingerprint density at radius 2 is 1.94 bits per heavy atom. The van der Waals surface area contributed by atoms with E-state index in [0.717, 1.165) is 13.1 Å². The molecule has 0 aromatic heterocycles. The van der Waals surface area contributed by atoms with Gasteiger partial charge in [-0.3, -0.25) is 0 Å². The molecule has 0 aliphatic carbocycles. The van der Waals surface area contributed by atoms with Crippen LogP contribution in [0, 0.1) is 19.3 Å². The van der Waals surface area contributed by atoms with Crippen LogP contribution in [0.2, 0.25) is 0 Å². The molecule has 0 atom stereocenters. The fourth-order valence-corrected chi connectivity index (χ4v) is 1.65. The maximum absolute atomic E-state index is 5.70. The van der Waals surface area contributed by atoms with Crippen LogP contribution in [0.1, 0.15) is 30.5 Å². The third-order valence-electron chi connectivity index (χ3n) is 2.97. The first-order valence-electron chi connectivity index (χ1n) is 5.91. The van der Waals surface area contributed by atoms with E-state index in [0.29, 0.717) is 6.54 Å². The van der Waals surface area contributed by atoms with E-state index < -0.39 is 0 Å². The van der Waals surface area contributed by atoms with Crippen molar-refractivity contribution in [1.82, 2.24) is 5.32 Å². The molecule has 0 spiro atoms. The minimum Gasteiger partial charge on any atom is -0.330 e. The third-order valence-corrected chi connectivity index (χ3v) is 2.97. The Bertz CT molecular complexity index is 343. The van der Waals surface area contributed by atoms with Crippen LogP contribution in [-0.4, -0.2) is 13.1 Å². The topological polar surface area (TPSA) is 38.0 Å². The Morgan fingerprint density at radius 1 is 1.25 bits per heavy atom. The maximum atomic E-state index is 5.70. The molecule has 2 heteroatoms. The molecule has 0 unspecified atom stereocenters. The van der Waals surface area contributed by atoms with Crippen LogP contribution < -0.4 is 11.1 Å². The van der Waals surface area contributed by atoms with E-state index in [1.165, 1.54) is 16.7 Å². The maximum Gasteiger partial charge on any atom is 0.0208 e. The number of hydrogen-bond donors (Lipinski definition) is 2. The van der Waals surface area contributed by atoms with Gasteiger partial charge in [-0.05, 0) is 36.9 Å². The zero-order chi connectivity index (χ0) is 12.2. The summed E-state index contributed by atoms with van der Waals surface area (Å²) in [5.74, 6) is 0. The van der Waals surface area contributed by atoms with Crippen LogP contribution in [0.3, 0.4) is 0 Å². The quantitative estimate of drug-likeness (QED) is 0.799. The van der Waals surface area contributed by atoms with Crippen molar-refractivity contribution >= 4 is 0 Å². The molecule has 2 nitrogen and oxygen atoms in total. The summed E-state index contributed by atoms with van der Waals surface area (Å²) < 4.78 is 0. The van der Waals surface area contributed by atoms with E-state index in [1.807, 2.05) is 0 Å². The first-order chi connectivity index (χ1) is 7.44. The number of nitrogens with one attached hydrogen (secondary N) is 1. The van der Waals surface area contributed by atoms with Gasteiger partial charge in [-0.2, -0.15) is 0 Å². The SMILES string of the molecule is Cc1ccc(CNCC(C)(C)CN)c(C)c1. The van der Waals surface area contributed by atoms with Crippen molar-refractivity contribution in [1.29, 1.82) is 0 Å². The summed E-state index contributed by atoms with van der Waals surface area (Å²) in [4.78, 5) is 0. The van der Waals surface area contributed by atoms with Crippen molar-refractivity contribution in [2.75, 3.05) is 13.1 Å². The van der Waals surface area contributed by atoms with Gasteiger partial charge in [-0.25, -0.2) is 0 Å². The van der Waals surface area contributed by atoms with Crippen LogP contribution >= 0.6 is 0 Å². The molecule has 0 fully saturated rings. The van der Waals surface area contributed by atoms with Crippen LogP contribution in [-0.2, 0) is 6.54 Å². The Morgan fingerprint density at radius 3 is 2.50 bits per heavy atom. The minimum absolute atomic E-state index is 0.179. The van der Waals surface area contributed by atoms with Crippen LogP contribution in [0.5, 0.6) is 0 Å². The fraction of sp³-hybridized carbons (Fsp3) is 0.571. The highest BCUT2D eigenvalue weighted by Crippen LogP contribution is 2.13. The molecule has 0 heterocycles. The van der Waals surface area contributed by atoms with Crippen LogP contribution in [0.4, 0.5) is 0 Å². The Kier molecular flexibility index (Phi) is 4.51. The second kappa shape index (κ2) is 5.46. The number of hydrogen-bond acceptors (Lipinski definition) is 2. The zero-order valence-electron chi connectivity index (χ0n) is 10.9. The summed E-state index contributed by atoms with van der Waals surface area (Å²) in [6.07, 6.45) is 0. The van der Waals surface area contributed by atoms with Gasteiger partial charge in [0.15, 0.2) is 0 Å². The predicted molar refractivity (Wildman–Crippen MR) is 70.5 cm³/mol. The second-order valence-electron chi connectivity index (χ2n) is 5.40. The first kappa shape index (κ1) is 13.2. The highest BCUT2D eigenvalue weighted by molar-refractivity contribution is 5.30. The van der Waals surface area contributed by atoms with Crippen molar-refractivity contribution < 1.29 is 0 Å². The molecule has 1 aromatic rings. The van der Waals surface area contributed by atoms with Crippen molar-refractivity contribution in [3.05, 3.63) is 34.9 Å². The molecule has 3 N–H and O–H groups in total. The molecule has 16 heavy (non-hydrogen) atoms. The van der Waals surface area contributed by atoms with E-state index in [1.54, 1.807) is 0 Å². The molecule has 0 saturated heterocycles. The molecule has 0 aliphatic heterocycles. The monoisotopic (exact) mass is 220 g/mol. The van der Waals surface area contributed by atoms with E-state index >= 15 is 0 Å². The van der Waals surface area contributed by atoms with Gasteiger partial charge in [0, 0.05) is 13.1 Å². The van der Waals surface area contributed by atoms with Crippen LogP contribution in [0.15, 0.2) is 18.2 Å². The van der Waals surface area contributed by atoms with Crippen molar-refractivity contribution in [2.45, 2.75) is 34.2 Å². The molecule has 0 saturated carbocycles. The van der Waals surface area contributed by atoms with E-state index in [-0.39, 0.29) is 5.41 Å². The van der Waals surface area contributed by atoms with Gasteiger partial charge in [0.1, 0.15) is 0 Å². The fourth-order valence-electron chi connectivity index (χ4n) is 1.65. The summed E-state index contributed by atoms with van der Waals surface area (Å²) >= 11 is 0. The average Bonchev–Trinajstić information content (AvgIpc) is 2.21. The van der Waals surface area contributed by atoms with E-state index in [2.05, 4.69) is 51.2 Å². The summed E-state index contributed by atoms with van der Waals surface area (Å²) in [6, 6.07) is 6.59. The lowest BCUT2D eigenvalue weighted by molar-refractivity contribution is 0.351. The Balaban J connectivity index is 2.49. The lowest BCUT2D eigenvalue weighted by Crippen LogP contribution is -2.35. The van der Waals surface area contributed by atoms with Gasteiger partial charge < -0.3 is 11.1 Å². The van der Waals surface area contributed by atoms with Gasteiger partial charge in [0.25, 0.3) is 0 Å². The Labute approximate surface area is 99.2 Å². The van der Waals surface area contributed by atoms with Gasteiger partial charge in [-0.15, -0.1) is 0 Å². The highest BCUT2D eigenvalue weighted by atomic mass is 14.9. The standard InChI is InChI=1S/C14H24N2/c1-11-5-6-13(12(2)7-11)8-16-10-14(3,4)9-15/h5-7,16H,8-10,15H2,1-4H3. The van der Waals surface area contributed by atoms with Gasteiger partial charge >= 0.3 is 0 Å². The highest BCUT2D eigenvalue weighted by Gasteiger charge is 2.14. The van der Waals surface area contributed by atoms with Gasteiger partial charge in [-0.1, -0.05) is 37.6 Å². The zero-order valence-corrected chi connectivity index (χ0v) is 10.9. The van der Waals surface area contributed by atoms with E-state index in [4.69, 9.17) is 5.73 Å². The molecule has 0 aliphatic rings. The third kappa shape index (κ3) is 3.95. The summed E-state index contributed by atoms with van der Waals surface area (Å²) in [5.41, 5.74) is 9.93. The summed E-state index contributed by atoms with van der Waals surface area (Å²) in [7, 11) is 0. The average molecular weight is 220 g/mol. The lowest BCUT2D eigenvalue weighted by Gasteiger charge is -2.23. The van der Waals surface area contributed by atoms with E-state index in [9.17, 15) is 0 Å². The lowest BCUT2D eigenvalue weighted by atomic mass is 9.94.